The monoisotopic (exact) mass is 384 g/mol. The number of ether oxygens (including phenoxy) is 1. The predicted molar refractivity (Wildman–Crippen MR) is 113 cm³/mol. The highest BCUT2D eigenvalue weighted by Crippen LogP contribution is 2.29. The van der Waals surface area contributed by atoms with Crippen molar-refractivity contribution in [3.63, 3.8) is 0 Å². The van der Waals surface area contributed by atoms with Crippen LogP contribution in [-0.2, 0) is 17.6 Å². The van der Waals surface area contributed by atoms with Gasteiger partial charge in [0.15, 0.2) is 0 Å². The van der Waals surface area contributed by atoms with Crippen molar-refractivity contribution in [2.24, 2.45) is 17.8 Å². The molecule has 1 aromatic rings. The van der Waals surface area contributed by atoms with E-state index in [1.165, 1.54) is 43.2 Å². The molecule has 28 heavy (non-hydrogen) atoms. The molecule has 0 bridgehead atoms. The number of carbonyl (C=O) groups is 1. The second-order valence-corrected chi connectivity index (χ2v) is 9.54. The summed E-state index contributed by atoms with van der Waals surface area (Å²) in [7, 11) is 0. The maximum Gasteiger partial charge on any atom is 0.226 e. The average Bonchev–Trinajstić information content (AvgIpc) is 3.36. The van der Waals surface area contributed by atoms with Gasteiger partial charge in [0.05, 0.1) is 12.5 Å². The number of nitrogens with zero attached hydrogens (tertiary/aromatic N) is 2. The molecule has 2 fully saturated rings. The lowest BCUT2D eigenvalue weighted by molar-refractivity contribution is -0.137. The minimum Gasteiger partial charge on any atom is -0.493 e. The number of piperidine rings is 1. The van der Waals surface area contributed by atoms with Crippen LogP contribution in [0.25, 0.3) is 0 Å². The zero-order valence-electron chi connectivity index (χ0n) is 17.7. The molecular formula is C24H36N2O2. The van der Waals surface area contributed by atoms with Crippen LogP contribution in [0.4, 0.5) is 0 Å². The van der Waals surface area contributed by atoms with Gasteiger partial charge in [-0.1, -0.05) is 19.9 Å². The highest BCUT2D eigenvalue weighted by molar-refractivity contribution is 5.79. The summed E-state index contributed by atoms with van der Waals surface area (Å²) >= 11 is 0. The van der Waals surface area contributed by atoms with Crippen LogP contribution in [0.3, 0.4) is 0 Å². The molecule has 2 aliphatic heterocycles. The molecule has 4 rings (SSSR count). The number of hydrogen-bond donors (Lipinski definition) is 0. The number of likely N-dealkylation sites (tertiary alicyclic amines) is 2. The Hall–Kier alpha value is -1.55. The predicted octanol–water partition coefficient (Wildman–Crippen LogP) is 3.77. The number of hydrogen-bond acceptors (Lipinski definition) is 3. The third-order valence-electron chi connectivity index (χ3n) is 6.56. The standard InChI is InChI=1S/C24H36N2O2/c1-18(2)14-25-15-19(12-22(16-25)24(27)26-10-3-4-11-26)17-28-23-9-8-20-6-5-7-21(20)13-23/h8-9,13,18-19,22H,3-7,10-12,14-17H2,1-2H3/t19-,22+/m0/s1. The lowest BCUT2D eigenvalue weighted by atomic mass is 9.88. The maximum atomic E-state index is 13.0. The molecule has 2 atom stereocenters. The van der Waals surface area contributed by atoms with Gasteiger partial charge >= 0.3 is 0 Å². The normalized spacial score (nSPS) is 25.3. The third-order valence-corrected chi connectivity index (χ3v) is 6.56. The molecule has 4 heteroatoms. The summed E-state index contributed by atoms with van der Waals surface area (Å²) < 4.78 is 6.23. The summed E-state index contributed by atoms with van der Waals surface area (Å²) in [5.74, 6) is 2.58. The van der Waals surface area contributed by atoms with E-state index < -0.39 is 0 Å². The Morgan fingerprint density at radius 2 is 1.89 bits per heavy atom. The van der Waals surface area contributed by atoms with Crippen LogP contribution < -0.4 is 4.74 Å². The second kappa shape index (κ2) is 8.86. The summed E-state index contributed by atoms with van der Waals surface area (Å²) in [6.07, 6.45) is 6.96. The molecule has 3 aliphatic rings. The zero-order valence-corrected chi connectivity index (χ0v) is 17.7. The van der Waals surface area contributed by atoms with Crippen LogP contribution in [0.2, 0.25) is 0 Å². The number of carbonyl (C=O) groups excluding carboxylic acids is 1. The first-order valence-corrected chi connectivity index (χ1v) is 11.3. The fourth-order valence-corrected chi connectivity index (χ4v) is 5.32. The van der Waals surface area contributed by atoms with E-state index in [1.807, 2.05) is 0 Å². The van der Waals surface area contributed by atoms with Crippen molar-refractivity contribution in [1.82, 2.24) is 9.80 Å². The molecule has 1 aliphatic carbocycles. The summed E-state index contributed by atoms with van der Waals surface area (Å²) in [4.78, 5) is 17.6. The number of rotatable bonds is 6. The van der Waals surface area contributed by atoms with Crippen molar-refractivity contribution in [3.05, 3.63) is 29.3 Å². The van der Waals surface area contributed by atoms with Gasteiger partial charge in [-0.3, -0.25) is 4.79 Å². The zero-order chi connectivity index (χ0) is 19.5. The largest absolute Gasteiger partial charge is 0.493 e. The number of benzene rings is 1. The molecule has 2 heterocycles. The topological polar surface area (TPSA) is 32.8 Å². The van der Waals surface area contributed by atoms with Crippen LogP contribution in [0.15, 0.2) is 18.2 Å². The SMILES string of the molecule is CC(C)CN1C[C@@H](COc2ccc3c(c2)CCC3)C[C@@H](C(=O)N2CCCC2)C1. The number of aryl methyl sites for hydroxylation is 2. The quantitative estimate of drug-likeness (QED) is 0.748. The van der Waals surface area contributed by atoms with Gasteiger partial charge in [-0.2, -0.15) is 0 Å². The van der Waals surface area contributed by atoms with Crippen LogP contribution in [-0.4, -0.2) is 55.0 Å². The smallest absolute Gasteiger partial charge is 0.226 e. The van der Waals surface area contributed by atoms with Gasteiger partial charge in [0, 0.05) is 38.6 Å². The average molecular weight is 385 g/mol. The summed E-state index contributed by atoms with van der Waals surface area (Å²) in [5, 5.41) is 0. The molecule has 0 aromatic heterocycles. The van der Waals surface area contributed by atoms with Crippen molar-refractivity contribution in [2.75, 3.05) is 39.3 Å². The molecular weight excluding hydrogens is 348 g/mol. The first-order valence-electron chi connectivity index (χ1n) is 11.3. The highest BCUT2D eigenvalue weighted by Gasteiger charge is 2.35. The van der Waals surface area contributed by atoms with Gasteiger partial charge in [-0.15, -0.1) is 0 Å². The van der Waals surface area contributed by atoms with Crippen molar-refractivity contribution in [3.8, 4) is 5.75 Å². The van der Waals surface area contributed by atoms with E-state index >= 15 is 0 Å². The number of fused-ring (bicyclic) bond motifs is 1. The minimum absolute atomic E-state index is 0.138. The molecule has 0 unspecified atom stereocenters. The van der Waals surface area contributed by atoms with Crippen LogP contribution >= 0.6 is 0 Å². The van der Waals surface area contributed by atoms with E-state index in [1.54, 1.807) is 0 Å². The lowest BCUT2D eigenvalue weighted by Gasteiger charge is -2.39. The van der Waals surface area contributed by atoms with Crippen molar-refractivity contribution < 1.29 is 9.53 Å². The van der Waals surface area contributed by atoms with Crippen LogP contribution in [0.5, 0.6) is 5.75 Å². The van der Waals surface area contributed by atoms with Gasteiger partial charge in [-0.25, -0.2) is 0 Å². The Bertz CT molecular complexity index is 681. The van der Waals surface area contributed by atoms with E-state index in [-0.39, 0.29) is 5.92 Å². The van der Waals surface area contributed by atoms with Crippen LogP contribution in [0, 0.1) is 17.8 Å². The first kappa shape index (κ1) is 19.8. The molecule has 0 spiro atoms. The molecule has 4 nitrogen and oxygen atoms in total. The Morgan fingerprint density at radius 3 is 2.68 bits per heavy atom. The van der Waals surface area contributed by atoms with E-state index in [0.717, 1.165) is 51.5 Å². The van der Waals surface area contributed by atoms with E-state index in [0.29, 0.717) is 17.7 Å². The summed E-state index contributed by atoms with van der Waals surface area (Å²) in [6.45, 7) is 10.2. The van der Waals surface area contributed by atoms with Crippen molar-refractivity contribution >= 4 is 5.91 Å². The molecule has 2 saturated heterocycles. The van der Waals surface area contributed by atoms with E-state index in [2.05, 4.69) is 41.8 Å². The maximum absolute atomic E-state index is 13.0. The van der Waals surface area contributed by atoms with Crippen LogP contribution in [0.1, 0.15) is 50.7 Å². The van der Waals surface area contributed by atoms with Gasteiger partial charge in [0.25, 0.3) is 0 Å². The molecule has 0 N–H and O–H groups in total. The Labute approximate surface area is 170 Å². The molecule has 154 valence electrons. The molecule has 0 saturated carbocycles. The third kappa shape index (κ3) is 4.71. The Kier molecular flexibility index (Phi) is 6.25. The highest BCUT2D eigenvalue weighted by atomic mass is 16.5. The van der Waals surface area contributed by atoms with Gasteiger partial charge in [0.2, 0.25) is 5.91 Å². The van der Waals surface area contributed by atoms with E-state index in [4.69, 9.17) is 4.74 Å². The number of amides is 1. The minimum atomic E-state index is 0.138. The van der Waals surface area contributed by atoms with Crippen molar-refractivity contribution in [2.45, 2.75) is 52.4 Å². The molecule has 1 aromatic carbocycles. The second-order valence-electron chi connectivity index (χ2n) is 9.54. The van der Waals surface area contributed by atoms with Gasteiger partial charge < -0.3 is 14.5 Å². The van der Waals surface area contributed by atoms with Gasteiger partial charge in [0.1, 0.15) is 5.75 Å². The summed E-state index contributed by atoms with van der Waals surface area (Å²) in [5.41, 5.74) is 2.95. The van der Waals surface area contributed by atoms with Gasteiger partial charge in [-0.05, 0) is 67.7 Å². The fourth-order valence-electron chi connectivity index (χ4n) is 5.32. The fraction of sp³-hybridized carbons (Fsp3) is 0.708. The lowest BCUT2D eigenvalue weighted by Crippen LogP contribution is -2.49. The van der Waals surface area contributed by atoms with E-state index in [9.17, 15) is 4.79 Å². The summed E-state index contributed by atoms with van der Waals surface area (Å²) in [6, 6.07) is 6.61. The Balaban J connectivity index is 1.38. The Morgan fingerprint density at radius 1 is 1.11 bits per heavy atom. The van der Waals surface area contributed by atoms with Crippen molar-refractivity contribution in [1.29, 1.82) is 0 Å². The molecule has 1 amide bonds. The molecule has 0 radical (unpaired) electrons. The first-order chi connectivity index (χ1) is 13.6.